The highest BCUT2D eigenvalue weighted by atomic mass is 19.1. The lowest BCUT2D eigenvalue weighted by Crippen LogP contribution is -2.23. The minimum atomic E-state index is -0.559. The fourth-order valence-electron chi connectivity index (χ4n) is 2.97. The second-order valence-electron chi connectivity index (χ2n) is 6.62. The Morgan fingerprint density at radius 1 is 1.19 bits per heavy atom. The van der Waals surface area contributed by atoms with Crippen molar-refractivity contribution in [2.75, 3.05) is 23.4 Å². The molecule has 3 aromatic rings. The predicted molar refractivity (Wildman–Crippen MR) is 114 cm³/mol. The van der Waals surface area contributed by atoms with Gasteiger partial charge in [0.1, 0.15) is 12.4 Å². The molecule has 0 unspecified atom stereocenters. The molecule has 0 bridgehead atoms. The Morgan fingerprint density at radius 3 is 2.84 bits per heavy atom. The summed E-state index contributed by atoms with van der Waals surface area (Å²) in [5.41, 5.74) is 1.66. The topological polar surface area (TPSA) is 80.8 Å². The number of ether oxygens (including phenoxy) is 2. The van der Waals surface area contributed by atoms with E-state index in [9.17, 15) is 14.0 Å². The molecule has 0 spiro atoms. The Kier molecular flexibility index (Phi) is 5.89. The maximum Gasteiger partial charge on any atom is 0.414 e. The van der Waals surface area contributed by atoms with Crippen LogP contribution < -0.4 is 15.0 Å². The molecule has 4 rings (SSSR count). The second-order valence-corrected chi connectivity index (χ2v) is 6.62. The number of benzene rings is 2. The van der Waals surface area contributed by atoms with Gasteiger partial charge in [-0.25, -0.2) is 9.18 Å². The van der Waals surface area contributed by atoms with Crippen LogP contribution in [0.3, 0.4) is 0 Å². The summed E-state index contributed by atoms with van der Waals surface area (Å²) in [7, 11) is 0. The van der Waals surface area contributed by atoms with Crippen LogP contribution in [0.25, 0.3) is 6.08 Å². The van der Waals surface area contributed by atoms with Crippen molar-refractivity contribution in [3.8, 4) is 11.5 Å². The van der Waals surface area contributed by atoms with Crippen molar-refractivity contribution >= 4 is 29.5 Å². The number of carbonyl (C=O) groups excluding carboxylic acids is 2. The van der Waals surface area contributed by atoms with Gasteiger partial charge in [0, 0.05) is 23.6 Å². The molecule has 2 heterocycles. The van der Waals surface area contributed by atoms with Gasteiger partial charge in [0.25, 0.3) is 0 Å². The molecule has 2 amide bonds. The molecule has 156 valence electrons. The Bertz CT molecular complexity index is 1130. The monoisotopic (exact) mass is 419 g/mol. The number of nitrogens with one attached hydrogen (secondary N) is 1. The van der Waals surface area contributed by atoms with Crippen LogP contribution in [-0.4, -0.2) is 30.1 Å². The number of rotatable bonds is 6. The Morgan fingerprint density at radius 2 is 2.10 bits per heavy atom. The Balaban J connectivity index is 1.39. The summed E-state index contributed by atoms with van der Waals surface area (Å²) in [5.74, 6) is -0.464. The van der Waals surface area contributed by atoms with E-state index in [4.69, 9.17) is 9.47 Å². The van der Waals surface area contributed by atoms with Gasteiger partial charge in [-0.15, -0.1) is 0 Å². The molecule has 1 aliphatic rings. The number of amides is 2. The normalized spacial score (nSPS) is 13.3. The molecular weight excluding hydrogens is 401 g/mol. The third kappa shape index (κ3) is 5.05. The summed E-state index contributed by atoms with van der Waals surface area (Å²) < 4.78 is 24.7. The lowest BCUT2D eigenvalue weighted by molar-refractivity contribution is -0.111. The Hall–Kier alpha value is -4.20. The van der Waals surface area contributed by atoms with Crippen LogP contribution in [0.1, 0.15) is 5.56 Å². The van der Waals surface area contributed by atoms with E-state index < -0.39 is 17.8 Å². The highest BCUT2D eigenvalue weighted by molar-refractivity contribution is 6.02. The number of anilines is 2. The zero-order valence-electron chi connectivity index (χ0n) is 16.3. The number of cyclic esters (lactones) is 1. The number of hydrogen-bond donors (Lipinski definition) is 1. The molecule has 31 heavy (non-hydrogen) atoms. The molecule has 1 saturated heterocycles. The van der Waals surface area contributed by atoms with Gasteiger partial charge in [-0.3, -0.25) is 14.7 Å². The van der Waals surface area contributed by atoms with Crippen molar-refractivity contribution in [1.29, 1.82) is 0 Å². The first kappa shape index (κ1) is 20.1. The standard InChI is InChI=1S/C23H18FN3O4/c24-20-13-16(6-8-21(20)31-19-5-2-10-25-15-19)7-9-22(28)26-17-3-1-4-18(14-17)27-11-12-30-23(27)29/h1-10,13-15H,11-12H2,(H,26,28)/b9-7+. The molecule has 0 atom stereocenters. The van der Waals surface area contributed by atoms with Crippen LogP contribution in [0.5, 0.6) is 11.5 Å². The summed E-state index contributed by atoms with van der Waals surface area (Å²) in [5, 5.41) is 2.72. The summed E-state index contributed by atoms with van der Waals surface area (Å²) in [6.45, 7) is 0.795. The van der Waals surface area contributed by atoms with E-state index in [-0.39, 0.29) is 5.75 Å². The van der Waals surface area contributed by atoms with E-state index in [1.165, 1.54) is 35.4 Å². The smallest absolute Gasteiger partial charge is 0.414 e. The van der Waals surface area contributed by atoms with Crippen molar-refractivity contribution in [3.05, 3.63) is 84.4 Å². The molecule has 7 nitrogen and oxygen atoms in total. The van der Waals surface area contributed by atoms with Crippen LogP contribution in [0.15, 0.2) is 73.1 Å². The molecule has 1 N–H and O–H groups in total. The van der Waals surface area contributed by atoms with Crippen LogP contribution in [-0.2, 0) is 9.53 Å². The average Bonchev–Trinajstić information content (AvgIpc) is 3.21. The van der Waals surface area contributed by atoms with E-state index in [1.807, 2.05) is 0 Å². The molecule has 2 aromatic carbocycles. The molecule has 8 heteroatoms. The van der Waals surface area contributed by atoms with Gasteiger partial charge in [0.05, 0.1) is 12.7 Å². The van der Waals surface area contributed by atoms with E-state index >= 15 is 0 Å². The van der Waals surface area contributed by atoms with Gasteiger partial charge >= 0.3 is 6.09 Å². The lowest BCUT2D eigenvalue weighted by Gasteiger charge is -2.13. The Labute approximate surface area is 177 Å². The third-order valence-corrected chi connectivity index (χ3v) is 4.43. The first-order valence-corrected chi connectivity index (χ1v) is 9.49. The molecule has 0 aliphatic carbocycles. The molecule has 1 fully saturated rings. The SMILES string of the molecule is O=C(/C=C/c1ccc(Oc2cccnc2)c(F)c1)Nc1cccc(N2CCOC2=O)c1. The summed E-state index contributed by atoms with van der Waals surface area (Å²) in [4.78, 5) is 29.3. The fraction of sp³-hybridized carbons (Fsp3) is 0.0870. The number of aromatic nitrogens is 1. The number of carbonyl (C=O) groups is 2. The van der Waals surface area contributed by atoms with Gasteiger partial charge in [-0.05, 0) is 54.1 Å². The maximum atomic E-state index is 14.3. The summed E-state index contributed by atoms with van der Waals surface area (Å²) in [6, 6.07) is 14.6. The van der Waals surface area contributed by atoms with Gasteiger partial charge in [0.15, 0.2) is 11.6 Å². The van der Waals surface area contributed by atoms with E-state index in [2.05, 4.69) is 10.3 Å². The molecule has 0 radical (unpaired) electrons. The number of halogens is 1. The van der Waals surface area contributed by atoms with Crippen molar-refractivity contribution in [1.82, 2.24) is 4.98 Å². The van der Waals surface area contributed by atoms with Gasteiger partial charge in [-0.2, -0.15) is 0 Å². The van der Waals surface area contributed by atoms with E-state index in [0.717, 1.165) is 0 Å². The van der Waals surface area contributed by atoms with Crippen LogP contribution in [0, 0.1) is 5.82 Å². The highest BCUT2D eigenvalue weighted by Gasteiger charge is 2.23. The fourth-order valence-corrected chi connectivity index (χ4v) is 2.97. The van der Waals surface area contributed by atoms with Crippen molar-refractivity contribution < 1.29 is 23.5 Å². The van der Waals surface area contributed by atoms with Gasteiger partial charge < -0.3 is 14.8 Å². The molecule has 1 aromatic heterocycles. The largest absolute Gasteiger partial charge is 0.453 e. The third-order valence-electron chi connectivity index (χ3n) is 4.43. The molecule has 1 aliphatic heterocycles. The van der Waals surface area contributed by atoms with Crippen molar-refractivity contribution in [2.24, 2.45) is 0 Å². The average molecular weight is 419 g/mol. The van der Waals surface area contributed by atoms with Crippen LogP contribution >= 0.6 is 0 Å². The zero-order chi connectivity index (χ0) is 21.6. The maximum absolute atomic E-state index is 14.3. The first-order chi connectivity index (χ1) is 15.1. The lowest BCUT2D eigenvalue weighted by atomic mass is 10.2. The van der Waals surface area contributed by atoms with Gasteiger partial charge in [0.2, 0.25) is 5.91 Å². The summed E-state index contributed by atoms with van der Waals surface area (Å²) in [6.07, 6.45) is 5.46. The second kappa shape index (κ2) is 9.08. The van der Waals surface area contributed by atoms with Crippen LogP contribution in [0.4, 0.5) is 20.6 Å². The highest BCUT2D eigenvalue weighted by Crippen LogP contribution is 2.25. The molecule has 0 saturated carbocycles. The van der Waals surface area contributed by atoms with Crippen molar-refractivity contribution in [2.45, 2.75) is 0 Å². The number of hydrogen-bond acceptors (Lipinski definition) is 5. The van der Waals surface area contributed by atoms with Crippen LogP contribution in [0.2, 0.25) is 0 Å². The number of pyridine rings is 1. The van der Waals surface area contributed by atoms with Crippen molar-refractivity contribution in [3.63, 3.8) is 0 Å². The predicted octanol–water partition coefficient (Wildman–Crippen LogP) is 4.62. The summed E-state index contributed by atoms with van der Waals surface area (Å²) >= 11 is 0. The van der Waals surface area contributed by atoms with Gasteiger partial charge in [-0.1, -0.05) is 12.1 Å². The quantitative estimate of drug-likeness (QED) is 0.590. The first-order valence-electron chi connectivity index (χ1n) is 9.49. The van der Waals surface area contributed by atoms with E-state index in [1.54, 1.807) is 48.7 Å². The minimum Gasteiger partial charge on any atom is -0.453 e. The molecular formula is C23H18FN3O4. The minimum absolute atomic E-state index is 0.0619. The van der Waals surface area contributed by atoms with E-state index in [0.29, 0.717) is 35.8 Å². The number of nitrogens with zero attached hydrogens (tertiary/aromatic N) is 2. The zero-order valence-corrected chi connectivity index (χ0v) is 16.3.